The molecule has 7 nitrogen and oxygen atoms in total. The van der Waals surface area contributed by atoms with Crippen molar-refractivity contribution in [1.29, 1.82) is 5.26 Å². The molecule has 1 amide bonds. The Kier molecular flexibility index (Phi) is 7.63. The van der Waals surface area contributed by atoms with E-state index in [-0.39, 0.29) is 29.4 Å². The second-order valence-electron chi connectivity index (χ2n) is 5.79. The number of carbonyl (C=O) groups is 2. The first-order valence-corrected chi connectivity index (χ1v) is 8.85. The number of amides is 1. The number of esters is 1. The highest BCUT2D eigenvalue weighted by atomic mass is 35.5. The van der Waals surface area contributed by atoms with E-state index in [0.29, 0.717) is 10.6 Å². The largest absolute Gasteiger partial charge is 0.493 e. The van der Waals surface area contributed by atoms with Gasteiger partial charge in [0.1, 0.15) is 11.6 Å². The second-order valence-corrected chi connectivity index (χ2v) is 6.20. The molecule has 150 valence electrons. The summed E-state index contributed by atoms with van der Waals surface area (Å²) in [5.41, 5.74) is 1.06. The van der Waals surface area contributed by atoms with Gasteiger partial charge in [-0.15, -0.1) is 0 Å². The molecular weight excluding hydrogens is 396 g/mol. The lowest BCUT2D eigenvalue weighted by atomic mass is 10.1. The van der Waals surface area contributed by atoms with Gasteiger partial charge in [0.05, 0.1) is 14.2 Å². The average molecular weight is 415 g/mol. The summed E-state index contributed by atoms with van der Waals surface area (Å²) in [6.45, 7) is 1.43. The van der Waals surface area contributed by atoms with E-state index in [1.165, 1.54) is 39.4 Å². The molecule has 0 aliphatic rings. The molecule has 2 aromatic rings. The summed E-state index contributed by atoms with van der Waals surface area (Å²) < 4.78 is 15.6. The Morgan fingerprint density at radius 3 is 2.31 bits per heavy atom. The maximum absolute atomic E-state index is 12.4. The van der Waals surface area contributed by atoms with Crippen molar-refractivity contribution in [2.24, 2.45) is 0 Å². The number of nitriles is 1. The minimum absolute atomic E-state index is 0.112. The van der Waals surface area contributed by atoms with Crippen molar-refractivity contribution >= 4 is 29.6 Å². The van der Waals surface area contributed by atoms with E-state index < -0.39 is 11.9 Å². The Morgan fingerprint density at radius 2 is 1.79 bits per heavy atom. The number of benzene rings is 2. The van der Waals surface area contributed by atoms with Crippen molar-refractivity contribution in [2.75, 3.05) is 14.2 Å². The number of hydrogen-bond donors (Lipinski definition) is 1. The standard InChI is InChI=1S/C21H19ClN2O5/c1-13(25)29-20-18(27-2)9-14(10-19(20)28-3)8-16(11-23)21(26)24-12-15-6-4-5-7-17(15)22/h4-10H,12H2,1-3H3,(H,24,26). The summed E-state index contributed by atoms with van der Waals surface area (Å²) in [4.78, 5) is 23.7. The normalized spacial score (nSPS) is 10.7. The number of nitrogens with one attached hydrogen (secondary N) is 1. The van der Waals surface area contributed by atoms with Crippen molar-refractivity contribution in [3.8, 4) is 23.3 Å². The molecule has 0 bridgehead atoms. The Bertz CT molecular complexity index is 970. The molecule has 2 aromatic carbocycles. The molecule has 0 aliphatic heterocycles. The number of nitrogens with zero attached hydrogens (tertiary/aromatic N) is 1. The van der Waals surface area contributed by atoms with Gasteiger partial charge in [-0.2, -0.15) is 5.26 Å². The van der Waals surface area contributed by atoms with Crippen LogP contribution in [0.4, 0.5) is 0 Å². The number of methoxy groups -OCH3 is 2. The molecule has 2 rings (SSSR count). The van der Waals surface area contributed by atoms with Gasteiger partial charge in [0.2, 0.25) is 5.75 Å². The van der Waals surface area contributed by atoms with Gasteiger partial charge < -0.3 is 19.5 Å². The summed E-state index contributed by atoms with van der Waals surface area (Å²) >= 11 is 6.07. The van der Waals surface area contributed by atoms with Gasteiger partial charge in [0, 0.05) is 18.5 Å². The zero-order chi connectivity index (χ0) is 21.4. The van der Waals surface area contributed by atoms with Crippen LogP contribution in [0.2, 0.25) is 5.02 Å². The Labute approximate surface area is 173 Å². The van der Waals surface area contributed by atoms with Crippen LogP contribution >= 0.6 is 11.6 Å². The van der Waals surface area contributed by atoms with Crippen LogP contribution in [0.25, 0.3) is 6.08 Å². The zero-order valence-corrected chi connectivity index (χ0v) is 16.9. The van der Waals surface area contributed by atoms with Crippen molar-refractivity contribution < 1.29 is 23.8 Å². The highest BCUT2D eigenvalue weighted by Crippen LogP contribution is 2.39. The Hall–Kier alpha value is -3.50. The van der Waals surface area contributed by atoms with Gasteiger partial charge in [-0.25, -0.2) is 0 Å². The topological polar surface area (TPSA) is 97.7 Å². The number of hydrogen-bond acceptors (Lipinski definition) is 6. The quantitative estimate of drug-likeness (QED) is 0.322. The molecule has 29 heavy (non-hydrogen) atoms. The molecule has 0 saturated carbocycles. The van der Waals surface area contributed by atoms with E-state index in [2.05, 4.69) is 5.32 Å². The summed E-state index contributed by atoms with van der Waals surface area (Å²) in [7, 11) is 2.80. The van der Waals surface area contributed by atoms with E-state index in [9.17, 15) is 14.9 Å². The minimum atomic E-state index is -0.561. The van der Waals surface area contributed by atoms with E-state index in [4.69, 9.17) is 25.8 Å². The van der Waals surface area contributed by atoms with Gasteiger partial charge in [-0.1, -0.05) is 29.8 Å². The van der Waals surface area contributed by atoms with Crippen molar-refractivity contribution in [3.63, 3.8) is 0 Å². The molecule has 0 atom stereocenters. The van der Waals surface area contributed by atoms with Crippen LogP contribution in [0.1, 0.15) is 18.1 Å². The summed E-state index contributed by atoms with van der Waals surface area (Å²) in [6, 6.07) is 12.0. The fourth-order valence-electron chi connectivity index (χ4n) is 2.46. The third kappa shape index (κ3) is 5.74. The van der Waals surface area contributed by atoms with Gasteiger partial charge >= 0.3 is 5.97 Å². The molecule has 0 aromatic heterocycles. The van der Waals surface area contributed by atoms with Crippen LogP contribution in [-0.2, 0) is 16.1 Å². The number of rotatable bonds is 7. The summed E-state index contributed by atoms with van der Waals surface area (Å²) in [5.74, 6) is -0.545. The molecule has 1 N–H and O–H groups in total. The zero-order valence-electron chi connectivity index (χ0n) is 16.1. The highest BCUT2D eigenvalue weighted by Gasteiger charge is 2.17. The lowest BCUT2D eigenvalue weighted by molar-refractivity contribution is -0.132. The van der Waals surface area contributed by atoms with Crippen LogP contribution < -0.4 is 19.5 Å². The molecule has 0 aliphatic carbocycles. The molecule has 0 fully saturated rings. The maximum atomic E-state index is 12.4. The summed E-state index contributed by atoms with van der Waals surface area (Å²) in [6.07, 6.45) is 1.38. The highest BCUT2D eigenvalue weighted by molar-refractivity contribution is 6.31. The third-order valence-corrected chi connectivity index (χ3v) is 4.17. The van der Waals surface area contributed by atoms with Crippen LogP contribution in [0.15, 0.2) is 42.0 Å². The number of carbonyl (C=O) groups excluding carboxylic acids is 2. The monoisotopic (exact) mass is 414 g/mol. The fraction of sp³-hybridized carbons (Fsp3) is 0.190. The molecule has 0 spiro atoms. The van der Waals surface area contributed by atoms with Crippen LogP contribution in [0.3, 0.4) is 0 Å². The Morgan fingerprint density at radius 1 is 1.17 bits per heavy atom. The number of halogens is 1. The minimum Gasteiger partial charge on any atom is -0.493 e. The first-order valence-electron chi connectivity index (χ1n) is 8.47. The molecule has 8 heteroatoms. The van der Waals surface area contributed by atoms with Gasteiger partial charge in [-0.3, -0.25) is 9.59 Å². The van der Waals surface area contributed by atoms with Gasteiger partial charge in [-0.05, 0) is 35.4 Å². The maximum Gasteiger partial charge on any atom is 0.308 e. The van der Waals surface area contributed by atoms with Gasteiger partial charge in [0.15, 0.2) is 11.5 Å². The smallest absolute Gasteiger partial charge is 0.308 e. The second kappa shape index (κ2) is 10.2. The number of ether oxygens (including phenoxy) is 3. The molecule has 0 heterocycles. The van der Waals surface area contributed by atoms with Crippen LogP contribution in [0, 0.1) is 11.3 Å². The van der Waals surface area contributed by atoms with E-state index in [1.54, 1.807) is 24.3 Å². The predicted octanol–water partition coefficient (Wildman–Crippen LogP) is 3.51. The summed E-state index contributed by atoms with van der Waals surface area (Å²) in [5, 5.41) is 12.6. The van der Waals surface area contributed by atoms with Crippen LogP contribution in [0.5, 0.6) is 17.2 Å². The molecule has 0 radical (unpaired) electrons. The van der Waals surface area contributed by atoms with E-state index in [1.807, 2.05) is 6.07 Å². The van der Waals surface area contributed by atoms with E-state index in [0.717, 1.165) is 5.56 Å². The molecular formula is C21H19ClN2O5. The SMILES string of the molecule is COc1cc(C=C(C#N)C(=O)NCc2ccccc2Cl)cc(OC)c1OC(C)=O. The first kappa shape index (κ1) is 21.8. The van der Waals surface area contributed by atoms with Crippen molar-refractivity contribution in [2.45, 2.75) is 13.5 Å². The van der Waals surface area contributed by atoms with Crippen molar-refractivity contribution in [1.82, 2.24) is 5.32 Å². The lowest BCUT2D eigenvalue weighted by Gasteiger charge is -2.13. The van der Waals surface area contributed by atoms with Gasteiger partial charge in [0.25, 0.3) is 5.91 Å². The predicted molar refractivity (Wildman–Crippen MR) is 108 cm³/mol. The lowest BCUT2D eigenvalue weighted by Crippen LogP contribution is -2.24. The van der Waals surface area contributed by atoms with E-state index >= 15 is 0 Å². The average Bonchev–Trinajstić information content (AvgIpc) is 2.71. The third-order valence-electron chi connectivity index (χ3n) is 3.80. The molecule has 0 unspecified atom stereocenters. The first-order chi connectivity index (χ1) is 13.9. The fourth-order valence-corrected chi connectivity index (χ4v) is 2.66. The van der Waals surface area contributed by atoms with Crippen molar-refractivity contribution in [3.05, 3.63) is 58.1 Å². The Balaban J connectivity index is 2.29. The molecule has 0 saturated heterocycles. The van der Waals surface area contributed by atoms with Crippen LogP contribution in [-0.4, -0.2) is 26.1 Å².